The van der Waals surface area contributed by atoms with Crippen LogP contribution in [0, 0.1) is 17.2 Å². The molecule has 1 unspecified atom stereocenters. The Hall–Kier alpha value is -1.43. The fourth-order valence-electron chi connectivity index (χ4n) is 1.09. The van der Waals surface area contributed by atoms with Crippen molar-refractivity contribution in [2.75, 3.05) is 0 Å². The summed E-state index contributed by atoms with van der Waals surface area (Å²) < 4.78 is 0. The molecule has 0 saturated carbocycles. The number of aromatic nitrogens is 2. The van der Waals surface area contributed by atoms with Gasteiger partial charge in [-0.25, -0.2) is 0 Å². The van der Waals surface area contributed by atoms with E-state index >= 15 is 0 Å². The van der Waals surface area contributed by atoms with Gasteiger partial charge < -0.3 is 0 Å². The molecule has 0 aliphatic rings. The van der Waals surface area contributed by atoms with Gasteiger partial charge in [0.1, 0.15) is 6.07 Å². The van der Waals surface area contributed by atoms with E-state index in [1.165, 1.54) is 0 Å². The van der Waals surface area contributed by atoms with E-state index < -0.39 is 0 Å². The average Bonchev–Trinajstić information content (AvgIpc) is 2.18. The quantitative estimate of drug-likeness (QED) is 0.705. The molecule has 3 heteroatoms. The Kier molecular flexibility index (Phi) is 3.39. The Morgan fingerprint density at radius 3 is 3.00 bits per heavy atom. The van der Waals surface area contributed by atoms with Gasteiger partial charge in [-0.1, -0.05) is 20.3 Å². The maximum atomic E-state index is 8.79. The molecule has 0 saturated heterocycles. The summed E-state index contributed by atoms with van der Waals surface area (Å²) in [6.45, 7) is 4.28. The lowest BCUT2D eigenvalue weighted by Crippen LogP contribution is -2.03. The second-order valence-corrected chi connectivity index (χ2v) is 3.22. The van der Waals surface area contributed by atoms with Gasteiger partial charge in [0.15, 0.2) is 0 Å². The molecule has 0 aliphatic heterocycles. The Labute approximate surface area is 78.4 Å². The van der Waals surface area contributed by atoms with Crippen molar-refractivity contribution in [3.63, 3.8) is 0 Å². The van der Waals surface area contributed by atoms with Crippen LogP contribution >= 0.6 is 0 Å². The molecule has 1 aromatic heterocycles. The van der Waals surface area contributed by atoms with Gasteiger partial charge in [0, 0.05) is 0 Å². The Bertz CT molecular complexity index is 314. The molecule has 0 radical (unpaired) electrons. The van der Waals surface area contributed by atoms with Crippen LogP contribution in [0.15, 0.2) is 12.3 Å². The van der Waals surface area contributed by atoms with Crippen molar-refractivity contribution < 1.29 is 0 Å². The molecular formula is C10H13N3. The highest BCUT2D eigenvalue weighted by molar-refractivity contribution is 5.31. The van der Waals surface area contributed by atoms with Gasteiger partial charge in [-0.05, 0) is 18.4 Å². The van der Waals surface area contributed by atoms with Crippen molar-refractivity contribution in [1.29, 1.82) is 5.26 Å². The first-order chi connectivity index (χ1) is 6.27. The maximum Gasteiger partial charge on any atom is 0.101 e. The van der Waals surface area contributed by atoms with Crippen molar-refractivity contribution in [3.8, 4) is 6.07 Å². The summed E-state index contributed by atoms with van der Waals surface area (Å²) in [6.07, 6.45) is 3.49. The van der Waals surface area contributed by atoms with Gasteiger partial charge in [0.05, 0.1) is 17.5 Å². The number of nitriles is 1. The topological polar surface area (TPSA) is 49.6 Å². The summed E-state index contributed by atoms with van der Waals surface area (Å²) >= 11 is 0. The number of hydrogen-bond donors (Lipinski definition) is 0. The van der Waals surface area contributed by atoms with E-state index in [1.54, 1.807) is 12.3 Å². The Morgan fingerprint density at radius 2 is 2.38 bits per heavy atom. The lowest BCUT2D eigenvalue weighted by molar-refractivity contribution is 0.548. The minimum absolute atomic E-state index is 0.559. The summed E-state index contributed by atoms with van der Waals surface area (Å²) in [6, 6.07) is 3.84. The molecule has 1 aromatic rings. The van der Waals surface area contributed by atoms with Gasteiger partial charge in [0.25, 0.3) is 0 Å². The molecule has 1 atom stereocenters. The molecular weight excluding hydrogens is 162 g/mol. The number of nitrogens with zero attached hydrogens (tertiary/aromatic N) is 3. The van der Waals surface area contributed by atoms with Crippen molar-refractivity contribution in [2.24, 2.45) is 5.92 Å². The van der Waals surface area contributed by atoms with Crippen LogP contribution in [0.25, 0.3) is 0 Å². The monoisotopic (exact) mass is 175 g/mol. The molecule has 0 aliphatic carbocycles. The third kappa shape index (κ3) is 2.51. The zero-order valence-corrected chi connectivity index (χ0v) is 7.99. The lowest BCUT2D eigenvalue weighted by atomic mass is 10.0. The van der Waals surface area contributed by atoms with Gasteiger partial charge >= 0.3 is 0 Å². The first-order valence-corrected chi connectivity index (χ1v) is 4.48. The first-order valence-electron chi connectivity index (χ1n) is 4.48. The van der Waals surface area contributed by atoms with Crippen LogP contribution in [0.4, 0.5) is 0 Å². The average molecular weight is 175 g/mol. The molecule has 0 fully saturated rings. The second kappa shape index (κ2) is 4.56. The highest BCUT2D eigenvalue weighted by atomic mass is 15.1. The van der Waals surface area contributed by atoms with E-state index in [2.05, 4.69) is 30.1 Å². The van der Waals surface area contributed by atoms with Crippen molar-refractivity contribution >= 4 is 0 Å². The van der Waals surface area contributed by atoms with Crippen LogP contribution in [0.1, 0.15) is 31.5 Å². The van der Waals surface area contributed by atoms with Crippen molar-refractivity contribution in [3.05, 3.63) is 23.5 Å². The molecule has 3 nitrogen and oxygen atoms in total. The van der Waals surface area contributed by atoms with Crippen LogP contribution in [0.2, 0.25) is 0 Å². The zero-order valence-electron chi connectivity index (χ0n) is 7.99. The lowest BCUT2D eigenvalue weighted by Gasteiger charge is -2.07. The zero-order chi connectivity index (χ0) is 9.68. The SMILES string of the molecule is CCC(C)Cc1nnccc1C#N. The van der Waals surface area contributed by atoms with Crippen molar-refractivity contribution in [1.82, 2.24) is 10.2 Å². The molecule has 1 heterocycles. The summed E-state index contributed by atoms with van der Waals surface area (Å²) in [5.41, 5.74) is 1.47. The second-order valence-electron chi connectivity index (χ2n) is 3.22. The van der Waals surface area contributed by atoms with E-state index in [1.807, 2.05) is 0 Å². The minimum atomic E-state index is 0.559. The predicted octanol–water partition coefficient (Wildman–Crippen LogP) is 1.94. The predicted molar refractivity (Wildman–Crippen MR) is 49.9 cm³/mol. The van der Waals surface area contributed by atoms with Crippen LogP contribution in [-0.4, -0.2) is 10.2 Å². The maximum absolute atomic E-state index is 8.79. The number of hydrogen-bond acceptors (Lipinski definition) is 3. The van der Waals surface area contributed by atoms with E-state index in [0.717, 1.165) is 18.5 Å². The molecule has 0 bridgehead atoms. The third-order valence-electron chi connectivity index (χ3n) is 2.16. The van der Waals surface area contributed by atoms with Gasteiger partial charge in [-0.15, -0.1) is 0 Å². The first kappa shape index (κ1) is 9.66. The van der Waals surface area contributed by atoms with E-state index in [-0.39, 0.29) is 0 Å². The molecule has 0 spiro atoms. The van der Waals surface area contributed by atoms with Gasteiger partial charge in [0.2, 0.25) is 0 Å². The van der Waals surface area contributed by atoms with Gasteiger partial charge in [-0.3, -0.25) is 0 Å². The minimum Gasteiger partial charge on any atom is -0.192 e. The highest BCUT2D eigenvalue weighted by Gasteiger charge is 2.07. The van der Waals surface area contributed by atoms with Crippen LogP contribution < -0.4 is 0 Å². The molecule has 0 aromatic carbocycles. The standard InChI is InChI=1S/C10H13N3/c1-3-8(2)6-10-9(7-11)4-5-12-13-10/h4-5,8H,3,6H2,1-2H3. The summed E-state index contributed by atoms with van der Waals surface area (Å²) in [4.78, 5) is 0. The normalized spacial score (nSPS) is 12.1. The summed E-state index contributed by atoms with van der Waals surface area (Å²) in [7, 11) is 0. The molecule has 0 N–H and O–H groups in total. The molecule has 13 heavy (non-hydrogen) atoms. The van der Waals surface area contributed by atoms with Crippen molar-refractivity contribution in [2.45, 2.75) is 26.7 Å². The summed E-state index contributed by atoms with van der Waals surface area (Å²) in [5.74, 6) is 0.559. The Morgan fingerprint density at radius 1 is 1.62 bits per heavy atom. The van der Waals surface area contributed by atoms with Crippen LogP contribution in [-0.2, 0) is 6.42 Å². The molecule has 1 rings (SSSR count). The van der Waals surface area contributed by atoms with Gasteiger partial charge in [-0.2, -0.15) is 15.5 Å². The van der Waals surface area contributed by atoms with E-state index in [4.69, 9.17) is 5.26 Å². The Balaban J connectivity index is 2.82. The summed E-state index contributed by atoms with van der Waals surface area (Å²) in [5, 5.41) is 16.5. The van der Waals surface area contributed by atoms with Crippen LogP contribution in [0.5, 0.6) is 0 Å². The number of rotatable bonds is 3. The fraction of sp³-hybridized carbons (Fsp3) is 0.500. The van der Waals surface area contributed by atoms with E-state index in [9.17, 15) is 0 Å². The molecule has 68 valence electrons. The van der Waals surface area contributed by atoms with Crippen LogP contribution in [0.3, 0.4) is 0 Å². The third-order valence-corrected chi connectivity index (χ3v) is 2.16. The smallest absolute Gasteiger partial charge is 0.101 e. The fourth-order valence-corrected chi connectivity index (χ4v) is 1.09. The van der Waals surface area contributed by atoms with E-state index in [0.29, 0.717) is 11.5 Å². The largest absolute Gasteiger partial charge is 0.192 e. The molecule has 0 amide bonds. The highest BCUT2D eigenvalue weighted by Crippen LogP contribution is 2.11.